The second kappa shape index (κ2) is 8.38. The Morgan fingerprint density at radius 3 is 2.37 bits per heavy atom. The zero-order chi connectivity index (χ0) is 22.2. The van der Waals surface area contributed by atoms with E-state index in [0.29, 0.717) is 23.4 Å². The monoisotopic (exact) mass is 439 g/mol. The molecular weight excluding hydrogens is 416 g/mol. The molecule has 0 radical (unpaired) electrons. The Balaban J connectivity index is 1.93. The van der Waals surface area contributed by atoms with Crippen molar-refractivity contribution in [1.82, 2.24) is 4.31 Å². The van der Waals surface area contributed by atoms with E-state index < -0.39 is 33.7 Å². The van der Waals surface area contributed by atoms with Crippen molar-refractivity contribution in [2.24, 2.45) is 5.84 Å². The number of hydrazine groups is 1. The van der Waals surface area contributed by atoms with Crippen molar-refractivity contribution < 1.29 is 27.1 Å². The van der Waals surface area contributed by atoms with Gasteiger partial charge < -0.3 is 5.11 Å². The number of anilines is 1. The summed E-state index contributed by atoms with van der Waals surface area (Å²) >= 11 is 0. The largest absolute Gasteiger partial charge is 0.393 e. The number of nitrogens with two attached hydrogens (primary N) is 1. The van der Waals surface area contributed by atoms with Crippen molar-refractivity contribution in [3.63, 3.8) is 0 Å². The zero-order valence-electron chi connectivity index (χ0n) is 16.6. The predicted molar refractivity (Wildman–Crippen MR) is 107 cm³/mol. The molecule has 0 aromatic heterocycles. The number of piperidine rings is 1. The quantitative estimate of drug-likeness (QED) is 0.432. The number of rotatable bonds is 4. The molecule has 0 saturated carbocycles. The number of nitrogens with zero attached hydrogens (tertiary/aromatic N) is 2. The second-order valence-electron chi connectivity index (χ2n) is 7.35. The molecule has 162 valence electrons. The number of aryl methyl sites for hydroxylation is 2. The molecule has 10 heteroatoms. The lowest BCUT2D eigenvalue weighted by Crippen LogP contribution is -2.40. The number of hydrogen-bond donors (Lipinski definition) is 2. The summed E-state index contributed by atoms with van der Waals surface area (Å²) in [4.78, 5) is 12.8. The van der Waals surface area contributed by atoms with Gasteiger partial charge in [0.1, 0.15) is 0 Å². The number of carbonyl (C=O) groups is 1. The van der Waals surface area contributed by atoms with Crippen LogP contribution in [0.25, 0.3) is 0 Å². The topological polar surface area (TPSA) is 104 Å². The van der Waals surface area contributed by atoms with E-state index in [2.05, 4.69) is 0 Å². The second-order valence-corrected chi connectivity index (χ2v) is 9.26. The fourth-order valence-electron chi connectivity index (χ4n) is 3.34. The summed E-state index contributed by atoms with van der Waals surface area (Å²) in [5.74, 6) is 2.87. The molecule has 3 N–H and O–H groups in total. The summed E-state index contributed by atoms with van der Waals surface area (Å²) in [6.07, 6.45) is 0.141. The molecule has 0 bridgehead atoms. The molecule has 1 heterocycles. The minimum absolute atomic E-state index is 0.0129. The van der Waals surface area contributed by atoms with Gasteiger partial charge in [-0.15, -0.1) is 0 Å². The van der Waals surface area contributed by atoms with Crippen LogP contribution < -0.4 is 10.9 Å². The molecule has 3 rings (SSSR count). The van der Waals surface area contributed by atoms with Crippen molar-refractivity contribution in [3.05, 3.63) is 58.7 Å². The molecule has 2 aromatic carbocycles. The highest BCUT2D eigenvalue weighted by molar-refractivity contribution is 7.89. The number of sulfonamides is 1. The molecular formula is C20H23F2N3O4S. The first-order chi connectivity index (χ1) is 14.0. The van der Waals surface area contributed by atoms with Gasteiger partial charge in [-0.2, -0.15) is 4.31 Å². The summed E-state index contributed by atoms with van der Waals surface area (Å²) in [5.41, 5.74) is 0.352. The number of carbonyl (C=O) groups excluding carboxylic acids is 1. The predicted octanol–water partition coefficient (Wildman–Crippen LogP) is 2.25. The van der Waals surface area contributed by atoms with Gasteiger partial charge in [-0.3, -0.25) is 4.79 Å². The van der Waals surface area contributed by atoms with Crippen LogP contribution in [-0.4, -0.2) is 42.9 Å². The number of aliphatic hydroxyl groups is 1. The maximum atomic E-state index is 13.7. The van der Waals surface area contributed by atoms with E-state index in [0.717, 1.165) is 6.07 Å². The van der Waals surface area contributed by atoms with Crippen LogP contribution in [0.1, 0.15) is 34.3 Å². The summed E-state index contributed by atoms with van der Waals surface area (Å²) in [6, 6.07) is 6.16. The van der Waals surface area contributed by atoms with Crippen LogP contribution in [0.2, 0.25) is 0 Å². The SMILES string of the molecule is Cc1ccc(C(=O)N(N)c2cc(C)c(F)c(F)c2)cc1S(=O)(=O)N1CCC(O)CC1. The van der Waals surface area contributed by atoms with Gasteiger partial charge in [0.05, 0.1) is 16.7 Å². The molecule has 1 saturated heterocycles. The lowest BCUT2D eigenvalue weighted by Gasteiger charge is -2.29. The van der Waals surface area contributed by atoms with Gasteiger partial charge in [0.15, 0.2) is 11.6 Å². The van der Waals surface area contributed by atoms with Gasteiger partial charge >= 0.3 is 0 Å². The third kappa shape index (κ3) is 4.22. The van der Waals surface area contributed by atoms with Gasteiger partial charge in [-0.1, -0.05) is 6.07 Å². The molecule has 1 aliphatic rings. The highest BCUT2D eigenvalue weighted by atomic mass is 32.2. The first-order valence-electron chi connectivity index (χ1n) is 9.36. The highest BCUT2D eigenvalue weighted by Crippen LogP contribution is 2.26. The molecule has 0 spiro atoms. The highest BCUT2D eigenvalue weighted by Gasteiger charge is 2.30. The minimum Gasteiger partial charge on any atom is -0.393 e. The Kier molecular flexibility index (Phi) is 6.23. The number of aliphatic hydroxyl groups excluding tert-OH is 1. The Hall–Kier alpha value is -2.40. The van der Waals surface area contributed by atoms with Crippen LogP contribution in [0, 0.1) is 25.5 Å². The zero-order valence-corrected chi connectivity index (χ0v) is 17.4. The van der Waals surface area contributed by atoms with Crippen LogP contribution in [0.3, 0.4) is 0 Å². The Morgan fingerprint density at radius 1 is 1.13 bits per heavy atom. The minimum atomic E-state index is -3.88. The molecule has 0 unspecified atom stereocenters. The van der Waals surface area contributed by atoms with Gasteiger partial charge in [0.2, 0.25) is 10.0 Å². The standard InChI is InChI=1S/C20H23F2N3O4S/c1-12-3-4-14(10-18(12)30(28,29)24-7-5-16(26)6-8-24)20(27)25(23)15-9-13(2)19(22)17(21)11-15/h3-4,9-11,16,26H,5-8,23H2,1-2H3. The van der Waals surface area contributed by atoms with Crippen LogP contribution in [0.15, 0.2) is 35.2 Å². The summed E-state index contributed by atoms with van der Waals surface area (Å²) in [6.45, 7) is 3.31. The summed E-state index contributed by atoms with van der Waals surface area (Å²) in [5, 5.41) is 10.3. The molecule has 30 heavy (non-hydrogen) atoms. The molecule has 7 nitrogen and oxygen atoms in total. The number of halogens is 2. The van der Waals surface area contributed by atoms with Crippen LogP contribution >= 0.6 is 0 Å². The van der Waals surface area contributed by atoms with Gasteiger partial charge in [0, 0.05) is 24.7 Å². The molecule has 1 amide bonds. The van der Waals surface area contributed by atoms with E-state index in [1.807, 2.05) is 0 Å². The number of benzene rings is 2. The smallest absolute Gasteiger partial charge is 0.272 e. The summed E-state index contributed by atoms with van der Waals surface area (Å²) < 4.78 is 54.6. The van der Waals surface area contributed by atoms with Gasteiger partial charge in [0.25, 0.3) is 5.91 Å². The van der Waals surface area contributed by atoms with Crippen molar-refractivity contribution >= 4 is 21.6 Å². The van der Waals surface area contributed by atoms with Crippen molar-refractivity contribution in [1.29, 1.82) is 0 Å². The molecule has 0 atom stereocenters. The Bertz CT molecular complexity index is 1060. The maximum absolute atomic E-state index is 13.7. The fourth-order valence-corrected chi connectivity index (χ4v) is 5.06. The van der Waals surface area contributed by atoms with Crippen LogP contribution in [-0.2, 0) is 10.0 Å². The van der Waals surface area contributed by atoms with E-state index in [9.17, 15) is 27.1 Å². The maximum Gasteiger partial charge on any atom is 0.272 e. The van der Waals surface area contributed by atoms with E-state index in [4.69, 9.17) is 5.84 Å². The normalized spacial score (nSPS) is 15.9. The van der Waals surface area contributed by atoms with Crippen molar-refractivity contribution in [2.75, 3.05) is 18.1 Å². The molecule has 1 aliphatic heterocycles. The number of hydrogen-bond acceptors (Lipinski definition) is 5. The Labute approximate surface area is 173 Å². The van der Waals surface area contributed by atoms with Crippen LogP contribution in [0.4, 0.5) is 14.5 Å². The Morgan fingerprint density at radius 2 is 1.77 bits per heavy atom. The number of amides is 1. The molecule has 2 aromatic rings. The average Bonchev–Trinajstić information content (AvgIpc) is 2.71. The lowest BCUT2D eigenvalue weighted by molar-refractivity contribution is 0.0986. The first kappa shape index (κ1) is 22.3. The lowest BCUT2D eigenvalue weighted by atomic mass is 10.1. The molecule has 1 fully saturated rings. The summed E-state index contributed by atoms with van der Waals surface area (Å²) in [7, 11) is -3.88. The average molecular weight is 439 g/mol. The first-order valence-corrected chi connectivity index (χ1v) is 10.8. The van der Waals surface area contributed by atoms with E-state index in [-0.39, 0.29) is 34.8 Å². The van der Waals surface area contributed by atoms with Crippen LogP contribution in [0.5, 0.6) is 0 Å². The fraction of sp³-hybridized carbons (Fsp3) is 0.350. The molecule has 0 aliphatic carbocycles. The van der Waals surface area contributed by atoms with Crippen molar-refractivity contribution in [2.45, 2.75) is 37.7 Å². The van der Waals surface area contributed by atoms with E-state index in [1.54, 1.807) is 6.92 Å². The van der Waals surface area contributed by atoms with E-state index >= 15 is 0 Å². The van der Waals surface area contributed by atoms with Gasteiger partial charge in [-0.05, 0) is 56.0 Å². The third-order valence-corrected chi connectivity index (χ3v) is 7.21. The third-order valence-electron chi connectivity index (χ3n) is 5.17. The van der Waals surface area contributed by atoms with E-state index in [1.165, 1.54) is 35.5 Å². The van der Waals surface area contributed by atoms with Crippen molar-refractivity contribution in [3.8, 4) is 0 Å². The van der Waals surface area contributed by atoms with Gasteiger partial charge in [-0.25, -0.2) is 28.1 Å².